The quantitative estimate of drug-likeness (QED) is 0.888. The lowest BCUT2D eigenvalue weighted by Gasteiger charge is -2.18. The van der Waals surface area contributed by atoms with Crippen LogP contribution in [0.5, 0.6) is 0 Å². The molecule has 0 saturated heterocycles. The minimum absolute atomic E-state index is 0.00220. The van der Waals surface area contributed by atoms with Gasteiger partial charge in [0.15, 0.2) is 5.69 Å². The third-order valence-corrected chi connectivity index (χ3v) is 2.20. The first-order chi connectivity index (χ1) is 7.88. The van der Waals surface area contributed by atoms with E-state index in [1.165, 1.54) is 0 Å². The van der Waals surface area contributed by atoms with Gasteiger partial charge >= 0.3 is 6.18 Å². The number of alkyl halides is 3. The number of rotatable bonds is 4. The number of anilines is 2. The summed E-state index contributed by atoms with van der Waals surface area (Å²) >= 11 is 0. The first-order valence-electron chi connectivity index (χ1n) is 5.29. The standard InChI is InChI=1S/C10H15F3N4/c1-4-14-9-15-7(10(11,12)13)6-8(16-9)17(3)5-2/h6H,4-5H2,1-3H3,(H,14,15,16). The molecule has 0 bridgehead atoms. The first-order valence-corrected chi connectivity index (χ1v) is 5.29. The zero-order valence-electron chi connectivity index (χ0n) is 9.97. The summed E-state index contributed by atoms with van der Waals surface area (Å²) in [6, 6.07) is 0.949. The fraction of sp³-hybridized carbons (Fsp3) is 0.600. The first kappa shape index (κ1) is 13.5. The Hall–Kier alpha value is -1.53. The van der Waals surface area contributed by atoms with Crippen LogP contribution in [-0.2, 0) is 6.18 Å². The highest BCUT2D eigenvalue weighted by atomic mass is 19.4. The van der Waals surface area contributed by atoms with Crippen molar-refractivity contribution < 1.29 is 13.2 Å². The predicted octanol–water partition coefficient (Wildman–Crippen LogP) is 2.38. The van der Waals surface area contributed by atoms with Crippen molar-refractivity contribution in [2.45, 2.75) is 20.0 Å². The highest BCUT2D eigenvalue weighted by Gasteiger charge is 2.34. The Morgan fingerprint density at radius 1 is 1.29 bits per heavy atom. The molecule has 0 saturated carbocycles. The summed E-state index contributed by atoms with van der Waals surface area (Å²) in [6.45, 7) is 4.64. The van der Waals surface area contributed by atoms with Crippen molar-refractivity contribution in [1.82, 2.24) is 9.97 Å². The van der Waals surface area contributed by atoms with Gasteiger partial charge in [0.1, 0.15) is 5.82 Å². The van der Waals surface area contributed by atoms with Gasteiger partial charge in [0.05, 0.1) is 0 Å². The number of halogens is 3. The molecule has 1 aromatic heterocycles. The SMILES string of the molecule is CCNc1nc(N(C)CC)cc(C(F)(F)F)n1. The van der Waals surface area contributed by atoms with Crippen molar-refractivity contribution in [3.05, 3.63) is 11.8 Å². The second-order valence-corrected chi connectivity index (χ2v) is 3.48. The molecule has 1 heterocycles. The molecule has 0 fully saturated rings. The Labute approximate surface area is 97.9 Å². The van der Waals surface area contributed by atoms with Crippen LogP contribution in [0.4, 0.5) is 24.9 Å². The molecule has 0 radical (unpaired) electrons. The molecule has 0 aliphatic rings. The van der Waals surface area contributed by atoms with E-state index in [2.05, 4.69) is 15.3 Å². The van der Waals surface area contributed by atoms with E-state index in [-0.39, 0.29) is 11.8 Å². The number of aromatic nitrogens is 2. The van der Waals surface area contributed by atoms with Gasteiger partial charge in [-0.25, -0.2) is 4.98 Å². The monoisotopic (exact) mass is 248 g/mol. The van der Waals surface area contributed by atoms with Crippen molar-refractivity contribution in [1.29, 1.82) is 0 Å². The maximum absolute atomic E-state index is 12.6. The number of nitrogens with one attached hydrogen (secondary N) is 1. The second-order valence-electron chi connectivity index (χ2n) is 3.48. The van der Waals surface area contributed by atoms with Gasteiger partial charge < -0.3 is 10.2 Å². The van der Waals surface area contributed by atoms with Crippen LogP contribution in [0, 0.1) is 0 Å². The van der Waals surface area contributed by atoms with E-state index in [0.717, 1.165) is 6.07 Å². The average molecular weight is 248 g/mol. The molecule has 0 unspecified atom stereocenters. The fourth-order valence-corrected chi connectivity index (χ4v) is 1.17. The summed E-state index contributed by atoms with van der Waals surface area (Å²) in [7, 11) is 1.68. The molecule has 0 aliphatic carbocycles. The summed E-state index contributed by atoms with van der Waals surface area (Å²) in [5.41, 5.74) is -0.932. The van der Waals surface area contributed by atoms with Gasteiger partial charge in [-0.15, -0.1) is 0 Å². The van der Waals surface area contributed by atoms with E-state index in [4.69, 9.17) is 0 Å². The van der Waals surface area contributed by atoms with E-state index in [0.29, 0.717) is 13.1 Å². The number of hydrogen-bond acceptors (Lipinski definition) is 4. The van der Waals surface area contributed by atoms with Crippen molar-refractivity contribution in [2.75, 3.05) is 30.4 Å². The summed E-state index contributed by atoms with van der Waals surface area (Å²) in [6.07, 6.45) is -4.46. The molecule has 0 aromatic carbocycles. The maximum atomic E-state index is 12.6. The molecule has 1 rings (SSSR count). The minimum atomic E-state index is -4.46. The summed E-state index contributed by atoms with van der Waals surface area (Å²) in [5.74, 6) is 0.253. The zero-order chi connectivity index (χ0) is 13.1. The molecule has 96 valence electrons. The topological polar surface area (TPSA) is 41.1 Å². The van der Waals surface area contributed by atoms with Gasteiger partial charge in [0, 0.05) is 26.2 Å². The molecule has 4 nitrogen and oxygen atoms in total. The average Bonchev–Trinajstić information content (AvgIpc) is 2.27. The molecule has 0 aliphatic heterocycles. The molecular weight excluding hydrogens is 233 g/mol. The van der Waals surface area contributed by atoms with Crippen LogP contribution in [0.25, 0.3) is 0 Å². The van der Waals surface area contributed by atoms with Gasteiger partial charge in [-0.2, -0.15) is 18.2 Å². The summed E-state index contributed by atoms with van der Waals surface area (Å²) in [4.78, 5) is 9.07. The van der Waals surface area contributed by atoms with Crippen molar-refractivity contribution in [2.24, 2.45) is 0 Å². The fourth-order valence-electron chi connectivity index (χ4n) is 1.17. The van der Waals surface area contributed by atoms with Crippen molar-refractivity contribution in [3.8, 4) is 0 Å². The van der Waals surface area contributed by atoms with Crippen LogP contribution in [0.3, 0.4) is 0 Å². The van der Waals surface area contributed by atoms with E-state index in [1.807, 2.05) is 6.92 Å². The molecule has 0 atom stereocenters. The molecule has 7 heteroatoms. The molecule has 0 spiro atoms. The third kappa shape index (κ3) is 3.47. The van der Waals surface area contributed by atoms with Crippen LogP contribution in [0.2, 0.25) is 0 Å². The van der Waals surface area contributed by atoms with E-state index in [9.17, 15) is 13.2 Å². The summed E-state index contributed by atoms with van der Waals surface area (Å²) < 4.78 is 37.9. The minimum Gasteiger partial charge on any atom is -0.360 e. The second kappa shape index (κ2) is 5.20. The van der Waals surface area contributed by atoms with Crippen LogP contribution >= 0.6 is 0 Å². The Bertz CT molecular complexity index is 378. The van der Waals surface area contributed by atoms with Gasteiger partial charge in [0.25, 0.3) is 0 Å². The Kier molecular flexibility index (Phi) is 4.14. The Morgan fingerprint density at radius 2 is 1.94 bits per heavy atom. The van der Waals surface area contributed by atoms with Crippen molar-refractivity contribution in [3.63, 3.8) is 0 Å². The van der Waals surface area contributed by atoms with Crippen molar-refractivity contribution >= 4 is 11.8 Å². The highest BCUT2D eigenvalue weighted by Crippen LogP contribution is 2.30. The lowest BCUT2D eigenvalue weighted by molar-refractivity contribution is -0.141. The van der Waals surface area contributed by atoms with Gasteiger partial charge in [-0.3, -0.25) is 0 Å². The van der Waals surface area contributed by atoms with Crippen LogP contribution in [0.15, 0.2) is 6.07 Å². The number of nitrogens with zero attached hydrogens (tertiary/aromatic N) is 3. The highest BCUT2D eigenvalue weighted by molar-refractivity contribution is 5.44. The Balaban J connectivity index is 3.18. The van der Waals surface area contributed by atoms with E-state index in [1.54, 1.807) is 18.9 Å². The summed E-state index contributed by atoms with van der Waals surface area (Å²) in [5, 5.41) is 2.69. The zero-order valence-corrected chi connectivity index (χ0v) is 9.97. The normalized spacial score (nSPS) is 11.4. The lowest BCUT2D eigenvalue weighted by Crippen LogP contribution is -2.20. The van der Waals surface area contributed by atoms with Crippen LogP contribution in [-0.4, -0.2) is 30.1 Å². The predicted molar refractivity (Wildman–Crippen MR) is 60.1 cm³/mol. The molecule has 0 amide bonds. The van der Waals surface area contributed by atoms with E-state index >= 15 is 0 Å². The third-order valence-electron chi connectivity index (χ3n) is 2.20. The maximum Gasteiger partial charge on any atom is 0.433 e. The smallest absolute Gasteiger partial charge is 0.360 e. The molecule has 17 heavy (non-hydrogen) atoms. The molecule has 1 aromatic rings. The van der Waals surface area contributed by atoms with Gasteiger partial charge in [-0.05, 0) is 13.8 Å². The van der Waals surface area contributed by atoms with Crippen LogP contribution in [0.1, 0.15) is 19.5 Å². The number of hydrogen-bond donors (Lipinski definition) is 1. The van der Waals surface area contributed by atoms with E-state index < -0.39 is 11.9 Å². The van der Waals surface area contributed by atoms with Crippen LogP contribution < -0.4 is 10.2 Å². The Morgan fingerprint density at radius 3 is 2.41 bits per heavy atom. The van der Waals surface area contributed by atoms with Gasteiger partial charge in [0.2, 0.25) is 5.95 Å². The molecular formula is C10H15F3N4. The molecule has 1 N–H and O–H groups in total. The lowest BCUT2D eigenvalue weighted by atomic mass is 10.3. The largest absolute Gasteiger partial charge is 0.433 e. The van der Waals surface area contributed by atoms with Gasteiger partial charge in [-0.1, -0.05) is 0 Å².